The van der Waals surface area contributed by atoms with Crippen LogP contribution in [0.4, 0.5) is 0 Å². The number of rotatable bonds is 6. The van der Waals surface area contributed by atoms with E-state index >= 15 is 0 Å². The van der Waals surface area contributed by atoms with E-state index in [1.54, 1.807) is 45.0 Å². The lowest BCUT2D eigenvalue weighted by atomic mass is 10.1. The summed E-state index contributed by atoms with van der Waals surface area (Å²) in [7, 11) is 0. The Bertz CT molecular complexity index is 808. The van der Waals surface area contributed by atoms with Gasteiger partial charge in [-0.15, -0.1) is 0 Å². The summed E-state index contributed by atoms with van der Waals surface area (Å²) >= 11 is 3.28. The second-order valence-corrected chi connectivity index (χ2v) is 6.27. The van der Waals surface area contributed by atoms with Crippen LogP contribution in [-0.4, -0.2) is 35.9 Å². The molecule has 1 N–H and O–H groups in total. The maximum absolute atomic E-state index is 12.5. The van der Waals surface area contributed by atoms with E-state index in [1.807, 2.05) is 0 Å². The van der Waals surface area contributed by atoms with Crippen molar-refractivity contribution in [3.8, 4) is 0 Å². The third-order valence-electron chi connectivity index (χ3n) is 3.55. The van der Waals surface area contributed by atoms with Gasteiger partial charge in [0.1, 0.15) is 0 Å². The Morgan fingerprint density at radius 1 is 0.960 bits per heavy atom. The molecule has 0 unspecified atom stereocenters. The predicted octanol–water partition coefficient (Wildman–Crippen LogP) is 3.61. The summed E-state index contributed by atoms with van der Waals surface area (Å²) in [6.07, 6.45) is 0. The lowest BCUT2D eigenvalue weighted by Crippen LogP contribution is -2.18. The van der Waals surface area contributed by atoms with E-state index in [-0.39, 0.29) is 17.7 Å². The molecule has 0 bridgehead atoms. The Kier molecular flexibility index (Phi) is 6.14. The highest BCUT2D eigenvalue weighted by Gasteiger charge is 2.26. The Balaban J connectivity index is 2.14. The van der Waals surface area contributed by atoms with Gasteiger partial charge in [-0.3, -0.25) is 4.79 Å². The normalized spacial score (nSPS) is 10.4. The molecule has 0 saturated heterocycles. The summed E-state index contributed by atoms with van der Waals surface area (Å²) in [5, 5.41) is 0. The Morgan fingerprint density at radius 3 is 2.16 bits per heavy atom. The molecule has 1 heterocycles. The highest BCUT2D eigenvalue weighted by molar-refractivity contribution is 9.10. The van der Waals surface area contributed by atoms with Crippen LogP contribution in [0.3, 0.4) is 0 Å². The Labute approximate surface area is 153 Å². The molecular weight excluding hydrogens is 390 g/mol. The van der Waals surface area contributed by atoms with Gasteiger partial charge in [-0.25, -0.2) is 9.59 Å². The highest BCUT2D eigenvalue weighted by atomic mass is 79.9. The number of hydrogen-bond acceptors (Lipinski definition) is 5. The van der Waals surface area contributed by atoms with Crippen LogP contribution in [0.5, 0.6) is 0 Å². The number of nitrogens with one attached hydrogen (secondary N) is 1. The number of aromatic nitrogens is 1. The Morgan fingerprint density at radius 2 is 1.56 bits per heavy atom. The minimum atomic E-state index is -0.608. The van der Waals surface area contributed by atoms with Crippen molar-refractivity contribution in [1.82, 2.24) is 4.98 Å². The van der Waals surface area contributed by atoms with Crippen molar-refractivity contribution in [2.45, 2.75) is 20.8 Å². The first-order valence-electron chi connectivity index (χ1n) is 7.67. The summed E-state index contributed by atoms with van der Waals surface area (Å²) in [6, 6.07) is 6.59. The number of carbonyl (C=O) groups is 3. The van der Waals surface area contributed by atoms with Gasteiger partial charge < -0.3 is 14.5 Å². The van der Waals surface area contributed by atoms with Gasteiger partial charge in [0.05, 0.1) is 23.3 Å². The minimum Gasteiger partial charge on any atom is -0.462 e. The standard InChI is InChI=1S/C18H18BrNO5/c1-4-24-18(23)16-11(3)20-10(2)15(16)14(21)9-25-17(22)12-5-7-13(19)8-6-12/h5-8,20H,4,9H2,1-3H3. The number of carbonyl (C=O) groups excluding carboxylic acids is 3. The monoisotopic (exact) mass is 407 g/mol. The highest BCUT2D eigenvalue weighted by Crippen LogP contribution is 2.20. The molecule has 1 aromatic carbocycles. The van der Waals surface area contributed by atoms with E-state index in [1.165, 1.54) is 0 Å². The number of Topliss-reactive ketones (excluding diaryl/α,β-unsaturated/α-hetero) is 1. The van der Waals surface area contributed by atoms with Crippen LogP contribution in [0.1, 0.15) is 49.4 Å². The van der Waals surface area contributed by atoms with E-state index in [0.717, 1.165) is 4.47 Å². The van der Waals surface area contributed by atoms with E-state index < -0.39 is 24.3 Å². The summed E-state index contributed by atoms with van der Waals surface area (Å²) in [4.78, 5) is 39.5. The molecule has 0 spiro atoms. The van der Waals surface area contributed by atoms with Crippen LogP contribution in [0, 0.1) is 13.8 Å². The van der Waals surface area contributed by atoms with Crippen molar-refractivity contribution < 1.29 is 23.9 Å². The summed E-state index contributed by atoms with van der Waals surface area (Å²) < 4.78 is 10.9. The first-order valence-corrected chi connectivity index (χ1v) is 8.46. The number of hydrogen-bond donors (Lipinski definition) is 1. The summed E-state index contributed by atoms with van der Waals surface area (Å²) in [6.45, 7) is 4.80. The number of esters is 2. The van der Waals surface area contributed by atoms with E-state index in [2.05, 4.69) is 20.9 Å². The molecule has 0 aliphatic heterocycles. The molecule has 0 aliphatic rings. The van der Waals surface area contributed by atoms with Gasteiger partial charge in [-0.2, -0.15) is 0 Å². The first-order chi connectivity index (χ1) is 11.8. The fraction of sp³-hybridized carbons (Fsp3) is 0.278. The van der Waals surface area contributed by atoms with Crippen LogP contribution in [0.15, 0.2) is 28.7 Å². The van der Waals surface area contributed by atoms with Crippen LogP contribution >= 0.6 is 15.9 Å². The molecule has 1 aromatic heterocycles. The molecule has 25 heavy (non-hydrogen) atoms. The second-order valence-electron chi connectivity index (χ2n) is 5.35. The SMILES string of the molecule is CCOC(=O)c1c(C)[nH]c(C)c1C(=O)COC(=O)c1ccc(Br)cc1. The lowest BCUT2D eigenvalue weighted by molar-refractivity contribution is 0.0472. The number of aryl methyl sites for hydroxylation is 2. The van der Waals surface area contributed by atoms with Gasteiger partial charge in [-0.05, 0) is 45.0 Å². The van der Waals surface area contributed by atoms with Crippen molar-refractivity contribution in [2.24, 2.45) is 0 Å². The number of H-pyrrole nitrogens is 1. The molecular formula is C18H18BrNO5. The first kappa shape index (κ1) is 18.9. The average Bonchev–Trinajstić information content (AvgIpc) is 2.87. The fourth-order valence-corrected chi connectivity index (χ4v) is 2.73. The smallest absolute Gasteiger partial charge is 0.340 e. The second kappa shape index (κ2) is 8.11. The van der Waals surface area contributed by atoms with Gasteiger partial charge in [0, 0.05) is 15.9 Å². The topological polar surface area (TPSA) is 85.5 Å². The van der Waals surface area contributed by atoms with Crippen molar-refractivity contribution in [2.75, 3.05) is 13.2 Å². The third kappa shape index (κ3) is 4.36. The predicted molar refractivity (Wildman–Crippen MR) is 95.0 cm³/mol. The molecule has 6 nitrogen and oxygen atoms in total. The molecule has 0 amide bonds. The molecule has 0 radical (unpaired) electrons. The molecule has 7 heteroatoms. The third-order valence-corrected chi connectivity index (χ3v) is 4.08. The lowest BCUT2D eigenvalue weighted by Gasteiger charge is -2.07. The number of aromatic amines is 1. The van der Waals surface area contributed by atoms with Crippen LogP contribution in [-0.2, 0) is 9.47 Å². The number of benzene rings is 1. The fourth-order valence-electron chi connectivity index (χ4n) is 2.46. The molecule has 2 rings (SSSR count). The van der Waals surface area contributed by atoms with E-state index in [0.29, 0.717) is 17.0 Å². The molecule has 0 fully saturated rings. The zero-order chi connectivity index (χ0) is 18.6. The number of ketones is 1. The largest absolute Gasteiger partial charge is 0.462 e. The van der Waals surface area contributed by atoms with Gasteiger partial charge in [0.15, 0.2) is 6.61 Å². The van der Waals surface area contributed by atoms with Crippen molar-refractivity contribution >= 4 is 33.7 Å². The van der Waals surface area contributed by atoms with Crippen molar-refractivity contribution in [1.29, 1.82) is 0 Å². The van der Waals surface area contributed by atoms with Crippen molar-refractivity contribution in [3.05, 3.63) is 56.8 Å². The minimum absolute atomic E-state index is 0.184. The van der Waals surface area contributed by atoms with Gasteiger partial charge >= 0.3 is 11.9 Å². The number of halogens is 1. The molecule has 2 aromatic rings. The van der Waals surface area contributed by atoms with Crippen LogP contribution in [0.2, 0.25) is 0 Å². The van der Waals surface area contributed by atoms with Crippen LogP contribution in [0.25, 0.3) is 0 Å². The maximum atomic E-state index is 12.5. The summed E-state index contributed by atoms with van der Waals surface area (Å²) in [5.41, 5.74) is 1.79. The van der Waals surface area contributed by atoms with E-state index in [4.69, 9.17) is 9.47 Å². The maximum Gasteiger partial charge on any atom is 0.340 e. The van der Waals surface area contributed by atoms with E-state index in [9.17, 15) is 14.4 Å². The number of ether oxygens (including phenoxy) is 2. The summed E-state index contributed by atoms with van der Waals surface area (Å²) in [5.74, 6) is -1.65. The molecule has 0 atom stereocenters. The van der Waals surface area contributed by atoms with Gasteiger partial charge in [-0.1, -0.05) is 15.9 Å². The Hall–Kier alpha value is -2.41. The quantitative estimate of drug-likeness (QED) is 0.583. The van der Waals surface area contributed by atoms with Crippen molar-refractivity contribution in [3.63, 3.8) is 0 Å². The molecule has 0 aliphatic carbocycles. The zero-order valence-corrected chi connectivity index (χ0v) is 15.7. The van der Waals surface area contributed by atoms with Gasteiger partial charge in [0.25, 0.3) is 0 Å². The molecule has 132 valence electrons. The average molecular weight is 408 g/mol. The van der Waals surface area contributed by atoms with Crippen LogP contribution < -0.4 is 0 Å². The molecule has 0 saturated carbocycles. The van der Waals surface area contributed by atoms with Gasteiger partial charge in [0.2, 0.25) is 5.78 Å². The zero-order valence-electron chi connectivity index (χ0n) is 14.1.